The van der Waals surface area contributed by atoms with Gasteiger partial charge in [0.2, 0.25) is 5.91 Å². The zero-order chi connectivity index (χ0) is 19.0. The molecule has 0 bridgehead atoms. The van der Waals surface area contributed by atoms with E-state index in [-0.39, 0.29) is 18.0 Å². The molecule has 4 rings (SSSR count). The quantitative estimate of drug-likeness (QED) is 0.713. The summed E-state index contributed by atoms with van der Waals surface area (Å²) in [6, 6.07) is 7.81. The summed E-state index contributed by atoms with van der Waals surface area (Å²) in [5.74, 6) is 0.624. The van der Waals surface area contributed by atoms with Gasteiger partial charge in [-0.05, 0) is 37.3 Å². The van der Waals surface area contributed by atoms with Crippen molar-refractivity contribution in [3.8, 4) is 5.69 Å². The number of nitrogens with zero attached hydrogens (tertiary/aromatic N) is 5. The number of aryl methyl sites for hydroxylation is 1. The second kappa shape index (κ2) is 6.98. The molecular formula is C20H23N5O2. The Balaban J connectivity index is 1.63. The largest absolute Gasteiger partial charge is 0.341 e. The smallest absolute Gasteiger partial charge is 0.264 e. The summed E-state index contributed by atoms with van der Waals surface area (Å²) in [5.41, 5.74) is 2.20. The zero-order valence-corrected chi connectivity index (χ0v) is 15.6. The van der Waals surface area contributed by atoms with Crippen molar-refractivity contribution in [2.45, 2.75) is 33.2 Å². The Morgan fingerprint density at radius 1 is 1.22 bits per heavy atom. The molecular weight excluding hydrogens is 342 g/mol. The lowest BCUT2D eigenvalue weighted by atomic mass is 9.99. The highest BCUT2D eigenvalue weighted by atomic mass is 16.2. The van der Waals surface area contributed by atoms with Gasteiger partial charge in [0.05, 0.1) is 11.9 Å². The van der Waals surface area contributed by atoms with Gasteiger partial charge in [0, 0.05) is 13.1 Å². The monoisotopic (exact) mass is 365 g/mol. The third-order valence-electron chi connectivity index (χ3n) is 5.34. The van der Waals surface area contributed by atoms with E-state index in [1.165, 1.54) is 17.1 Å². The maximum Gasteiger partial charge on any atom is 0.264 e. The number of piperidine rings is 1. The summed E-state index contributed by atoms with van der Waals surface area (Å²) < 4.78 is 3.05. The fourth-order valence-corrected chi connectivity index (χ4v) is 3.54. The molecule has 1 fully saturated rings. The van der Waals surface area contributed by atoms with E-state index in [0.717, 1.165) is 37.2 Å². The predicted molar refractivity (Wildman–Crippen MR) is 103 cm³/mol. The Hall–Kier alpha value is -2.96. The van der Waals surface area contributed by atoms with E-state index in [0.29, 0.717) is 17.0 Å². The number of hydrogen-bond donors (Lipinski definition) is 0. The lowest BCUT2D eigenvalue weighted by Crippen LogP contribution is -2.41. The average Bonchev–Trinajstić information content (AvgIpc) is 3.09. The summed E-state index contributed by atoms with van der Waals surface area (Å²) in [4.78, 5) is 31.6. The number of carbonyl (C=O) groups excluding carboxylic acids is 1. The maximum atomic E-state index is 12.8. The standard InChI is InChI=1S/C20H23N5O2/c1-14-7-9-23(10-8-14)18(26)12-24-13-21-19-16(20(24)27)11-22-25(19)17-6-4-3-5-15(17)2/h3-6,11,13-14H,7-10,12H2,1-2H3. The van der Waals surface area contributed by atoms with Crippen molar-refractivity contribution in [2.75, 3.05) is 13.1 Å². The molecule has 0 atom stereocenters. The molecule has 1 aliphatic rings. The van der Waals surface area contributed by atoms with Gasteiger partial charge >= 0.3 is 0 Å². The summed E-state index contributed by atoms with van der Waals surface area (Å²) in [6.07, 6.45) is 5.01. The molecule has 3 aromatic rings. The van der Waals surface area contributed by atoms with Crippen molar-refractivity contribution in [3.63, 3.8) is 0 Å². The van der Waals surface area contributed by atoms with Gasteiger partial charge in [-0.2, -0.15) is 5.10 Å². The van der Waals surface area contributed by atoms with Gasteiger partial charge in [-0.1, -0.05) is 25.1 Å². The third-order valence-corrected chi connectivity index (χ3v) is 5.34. The van der Waals surface area contributed by atoms with E-state index in [1.54, 1.807) is 4.68 Å². The van der Waals surface area contributed by atoms with E-state index in [4.69, 9.17) is 0 Å². The number of aromatic nitrogens is 4. The predicted octanol–water partition coefficient (Wildman–Crippen LogP) is 2.15. The molecule has 140 valence electrons. The van der Waals surface area contributed by atoms with Gasteiger partial charge in [0.25, 0.3) is 5.56 Å². The van der Waals surface area contributed by atoms with Gasteiger partial charge < -0.3 is 4.90 Å². The fraction of sp³-hybridized carbons (Fsp3) is 0.400. The second-order valence-electron chi connectivity index (χ2n) is 7.32. The average molecular weight is 365 g/mol. The number of fused-ring (bicyclic) bond motifs is 1. The number of hydrogen-bond acceptors (Lipinski definition) is 4. The van der Waals surface area contributed by atoms with Gasteiger partial charge in [-0.3, -0.25) is 14.2 Å². The van der Waals surface area contributed by atoms with Crippen LogP contribution in [0.15, 0.2) is 41.6 Å². The number of carbonyl (C=O) groups is 1. The minimum absolute atomic E-state index is 0.0195. The maximum absolute atomic E-state index is 12.8. The molecule has 27 heavy (non-hydrogen) atoms. The zero-order valence-electron chi connectivity index (χ0n) is 15.6. The number of likely N-dealkylation sites (tertiary alicyclic amines) is 1. The van der Waals surface area contributed by atoms with Crippen molar-refractivity contribution < 1.29 is 4.79 Å². The van der Waals surface area contributed by atoms with Crippen LogP contribution in [0.25, 0.3) is 16.7 Å². The highest BCUT2D eigenvalue weighted by molar-refractivity contribution is 5.78. The molecule has 1 aliphatic heterocycles. The molecule has 0 spiro atoms. The van der Waals surface area contributed by atoms with E-state index < -0.39 is 0 Å². The van der Waals surface area contributed by atoms with Crippen LogP contribution in [0.5, 0.6) is 0 Å². The summed E-state index contributed by atoms with van der Waals surface area (Å²) in [5, 5.41) is 4.77. The Bertz CT molecular complexity index is 1040. The van der Waals surface area contributed by atoms with Crippen LogP contribution < -0.4 is 5.56 Å². The second-order valence-corrected chi connectivity index (χ2v) is 7.32. The minimum Gasteiger partial charge on any atom is -0.341 e. The molecule has 1 aromatic carbocycles. The summed E-state index contributed by atoms with van der Waals surface area (Å²) >= 11 is 0. The molecule has 1 amide bonds. The summed E-state index contributed by atoms with van der Waals surface area (Å²) in [6.45, 7) is 5.73. The molecule has 0 N–H and O–H groups in total. The third kappa shape index (κ3) is 3.25. The molecule has 2 aromatic heterocycles. The van der Waals surface area contributed by atoms with Crippen molar-refractivity contribution in [1.29, 1.82) is 0 Å². The molecule has 0 aliphatic carbocycles. The molecule has 0 saturated carbocycles. The van der Waals surface area contributed by atoms with Crippen LogP contribution in [0.4, 0.5) is 0 Å². The fourth-order valence-electron chi connectivity index (χ4n) is 3.54. The van der Waals surface area contributed by atoms with E-state index in [2.05, 4.69) is 17.0 Å². The minimum atomic E-state index is -0.237. The molecule has 3 heterocycles. The number of amides is 1. The van der Waals surface area contributed by atoms with Crippen LogP contribution >= 0.6 is 0 Å². The van der Waals surface area contributed by atoms with Crippen LogP contribution in [-0.2, 0) is 11.3 Å². The van der Waals surface area contributed by atoms with E-state index >= 15 is 0 Å². The Kier molecular flexibility index (Phi) is 4.51. The van der Waals surface area contributed by atoms with Crippen LogP contribution in [-0.4, -0.2) is 43.2 Å². The first-order valence-electron chi connectivity index (χ1n) is 9.31. The first-order chi connectivity index (χ1) is 13.0. The highest BCUT2D eigenvalue weighted by Crippen LogP contribution is 2.18. The Morgan fingerprint density at radius 2 is 1.96 bits per heavy atom. The van der Waals surface area contributed by atoms with Crippen molar-refractivity contribution in [3.05, 3.63) is 52.7 Å². The molecule has 0 unspecified atom stereocenters. The van der Waals surface area contributed by atoms with Crippen LogP contribution in [0.3, 0.4) is 0 Å². The SMILES string of the molecule is Cc1ccccc1-n1ncc2c(=O)n(CC(=O)N3CCC(C)CC3)cnc21. The lowest BCUT2D eigenvalue weighted by molar-refractivity contribution is -0.133. The summed E-state index contributed by atoms with van der Waals surface area (Å²) in [7, 11) is 0. The van der Waals surface area contributed by atoms with Crippen LogP contribution in [0.2, 0.25) is 0 Å². The molecule has 0 radical (unpaired) electrons. The van der Waals surface area contributed by atoms with Gasteiger partial charge in [-0.25, -0.2) is 9.67 Å². The van der Waals surface area contributed by atoms with Crippen molar-refractivity contribution in [2.24, 2.45) is 5.92 Å². The van der Waals surface area contributed by atoms with E-state index in [9.17, 15) is 9.59 Å². The molecule has 7 nitrogen and oxygen atoms in total. The van der Waals surface area contributed by atoms with Crippen LogP contribution in [0, 0.1) is 12.8 Å². The first-order valence-corrected chi connectivity index (χ1v) is 9.31. The topological polar surface area (TPSA) is 73.0 Å². The molecule has 7 heteroatoms. The van der Waals surface area contributed by atoms with Gasteiger partial charge in [-0.15, -0.1) is 0 Å². The number of benzene rings is 1. The van der Waals surface area contributed by atoms with Crippen molar-refractivity contribution >= 4 is 16.9 Å². The molecule has 1 saturated heterocycles. The first kappa shape index (κ1) is 17.5. The number of rotatable bonds is 3. The Morgan fingerprint density at radius 3 is 2.70 bits per heavy atom. The lowest BCUT2D eigenvalue weighted by Gasteiger charge is -2.30. The number of para-hydroxylation sites is 1. The normalized spacial score (nSPS) is 15.4. The highest BCUT2D eigenvalue weighted by Gasteiger charge is 2.21. The van der Waals surface area contributed by atoms with E-state index in [1.807, 2.05) is 36.1 Å². The van der Waals surface area contributed by atoms with Crippen LogP contribution in [0.1, 0.15) is 25.3 Å². The van der Waals surface area contributed by atoms with Gasteiger partial charge in [0.15, 0.2) is 5.65 Å². The Labute approximate surface area is 157 Å². The van der Waals surface area contributed by atoms with Crippen molar-refractivity contribution in [1.82, 2.24) is 24.2 Å². The van der Waals surface area contributed by atoms with Gasteiger partial charge in [0.1, 0.15) is 18.3 Å².